The van der Waals surface area contributed by atoms with Crippen LogP contribution in [0.2, 0.25) is 0 Å². The molecule has 0 unspecified atom stereocenters. The lowest BCUT2D eigenvalue weighted by molar-refractivity contribution is -0.135. The SMILES string of the molecule is CN(CC(=O)NC1CC1)C(=O)[C@H](N)Cc1ccc(O)cc1. The van der Waals surface area contributed by atoms with E-state index in [-0.39, 0.29) is 30.2 Å². The molecule has 0 saturated heterocycles. The van der Waals surface area contributed by atoms with Gasteiger partial charge in [0.05, 0.1) is 12.6 Å². The maximum absolute atomic E-state index is 12.1. The Labute approximate surface area is 123 Å². The molecule has 1 fully saturated rings. The second-order valence-corrected chi connectivity index (χ2v) is 5.51. The third kappa shape index (κ3) is 4.75. The number of carbonyl (C=O) groups is 2. The van der Waals surface area contributed by atoms with Gasteiger partial charge in [-0.25, -0.2) is 0 Å². The lowest BCUT2D eigenvalue weighted by Crippen LogP contribution is -2.47. The van der Waals surface area contributed by atoms with E-state index in [0.29, 0.717) is 6.42 Å². The Bertz CT molecular complexity index is 511. The third-order valence-corrected chi connectivity index (χ3v) is 3.41. The summed E-state index contributed by atoms with van der Waals surface area (Å²) >= 11 is 0. The van der Waals surface area contributed by atoms with Gasteiger partial charge < -0.3 is 21.1 Å². The first-order chi connectivity index (χ1) is 9.95. The van der Waals surface area contributed by atoms with E-state index >= 15 is 0 Å². The highest BCUT2D eigenvalue weighted by molar-refractivity contribution is 5.87. The molecular weight excluding hydrogens is 270 g/mol. The van der Waals surface area contributed by atoms with Crippen LogP contribution >= 0.6 is 0 Å². The first-order valence-electron chi connectivity index (χ1n) is 7.03. The molecule has 0 radical (unpaired) electrons. The van der Waals surface area contributed by atoms with E-state index in [1.54, 1.807) is 31.3 Å². The summed E-state index contributed by atoms with van der Waals surface area (Å²) in [6, 6.07) is 6.14. The molecule has 0 heterocycles. The summed E-state index contributed by atoms with van der Waals surface area (Å²) in [6.07, 6.45) is 2.40. The van der Waals surface area contributed by atoms with E-state index in [1.165, 1.54) is 4.90 Å². The summed E-state index contributed by atoms with van der Waals surface area (Å²) in [5.41, 5.74) is 6.76. The molecule has 0 aromatic heterocycles. The second kappa shape index (κ2) is 6.58. The standard InChI is InChI=1S/C15H21N3O3/c1-18(9-14(20)17-11-4-5-11)15(21)13(16)8-10-2-6-12(19)7-3-10/h2-3,6-7,11,13,19H,4-5,8-9,16H2,1H3,(H,17,20)/t13-/m1/s1. The van der Waals surface area contributed by atoms with Crippen LogP contribution in [0.4, 0.5) is 0 Å². The number of phenolic OH excluding ortho intramolecular Hbond substituents is 1. The van der Waals surface area contributed by atoms with Gasteiger partial charge in [0, 0.05) is 13.1 Å². The fraction of sp³-hybridized carbons (Fsp3) is 0.467. The predicted molar refractivity (Wildman–Crippen MR) is 78.6 cm³/mol. The Balaban J connectivity index is 1.82. The average molecular weight is 291 g/mol. The van der Waals surface area contributed by atoms with Gasteiger partial charge in [0.1, 0.15) is 5.75 Å². The van der Waals surface area contributed by atoms with Crippen LogP contribution in [0.25, 0.3) is 0 Å². The lowest BCUT2D eigenvalue weighted by atomic mass is 10.1. The molecule has 1 aromatic carbocycles. The van der Waals surface area contributed by atoms with E-state index in [9.17, 15) is 14.7 Å². The molecule has 2 rings (SSSR count). The van der Waals surface area contributed by atoms with Gasteiger partial charge in [-0.15, -0.1) is 0 Å². The van der Waals surface area contributed by atoms with E-state index in [4.69, 9.17) is 5.73 Å². The molecule has 1 aliphatic carbocycles. The molecule has 21 heavy (non-hydrogen) atoms. The minimum atomic E-state index is -0.701. The fourth-order valence-corrected chi connectivity index (χ4v) is 2.05. The van der Waals surface area contributed by atoms with E-state index in [1.807, 2.05) is 0 Å². The fourth-order valence-electron chi connectivity index (χ4n) is 2.05. The van der Waals surface area contributed by atoms with Crippen molar-refractivity contribution in [2.45, 2.75) is 31.3 Å². The Morgan fingerprint density at radius 3 is 2.57 bits per heavy atom. The van der Waals surface area contributed by atoms with Gasteiger partial charge >= 0.3 is 0 Å². The van der Waals surface area contributed by atoms with E-state index in [2.05, 4.69) is 5.32 Å². The van der Waals surface area contributed by atoms with Crippen LogP contribution in [-0.2, 0) is 16.0 Å². The van der Waals surface area contributed by atoms with Crippen molar-refractivity contribution in [2.24, 2.45) is 5.73 Å². The molecular formula is C15H21N3O3. The zero-order valence-corrected chi connectivity index (χ0v) is 12.1. The van der Waals surface area contributed by atoms with Gasteiger partial charge in [-0.05, 0) is 37.0 Å². The highest BCUT2D eigenvalue weighted by Crippen LogP contribution is 2.18. The number of nitrogens with one attached hydrogen (secondary N) is 1. The first-order valence-corrected chi connectivity index (χ1v) is 7.03. The number of aromatic hydroxyl groups is 1. The molecule has 1 atom stereocenters. The monoisotopic (exact) mass is 291 g/mol. The largest absolute Gasteiger partial charge is 0.508 e. The second-order valence-electron chi connectivity index (χ2n) is 5.51. The molecule has 1 aromatic rings. The van der Waals surface area contributed by atoms with Crippen molar-refractivity contribution < 1.29 is 14.7 Å². The topological polar surface area (TPSA) is 95.7 Å². The number of phenols is 1. The quantitative estimate of drug-likeness (QED) is 0.687. The van der Waals surface area contributed by atoms with Gasteiger partial charge in [0.25, 0.3) is 0 Å². The molecule has 4 N–H and O–H groups in total. The lowest BCUT2D eigenvalue weighted by Gasteiger charge is -2.21. The smallest absolute Gasteiger partial charge is 0.240 e. The van der Waals surface area contributed by atoms with Gasteiger partial charge in [-0.3, -0.25) is 9.59 Å². The predicted octanol–water partition coefficient (Wildman–Crippen LogP) is -0.001000. The van der Waals surface area contributed by atoms with Crippen LogP contribution in [0.3, 0.4) is 0 Å². The molecule has 1 aliphatic rings. The van der Waals surface area contributed by atoms with Crippen molar-refractivity contribution in [1.29, 1.82) is 0 Å². The molecule has 1 saturated carbocycles. The number of hydrogen-bond acceptors (Lipinski definition) is 4. The average Bonchev–Trinajstić information content (AvgIpc) is 3.24. The summed E-state index contributed by atoms with van der Waals surface area (Å²) in [4.78, 5) is 25.1. The summed E-state index contributed by atoms with van der Waals surface area (Å²) < 4.78 is 0. The highest BCUT2D eigenvalue weighted by atomic mass is 16.3. The van der Waals surface area contributed by atoms with Crippen LogP contribution in [-0.4, -0.2) is 47.5 Å². The Hall–Kier alpha value is -2.08. The van der Waals surface area contributed by atoms with Gasteiger partial charge in [-0.2, -0.15) is 0 Å². The van der Waals surface area contributed by atoms with Crippen LogP contribution in [0, 0.1) is 0 Å². The van der Waals surface area contributed by atoms with E-state index < -0.39 is 6.04 Å². The van der Waals surface area contributed by atoms with Crippen molar-refractivity contribution in [2.75, 3.05) is 13.6 Å². The van der Waals surface area contributed by atoms with Crippen molar-refractivity contribution >= 4 is 11.8 Å². The minimum absolute atomic E-state index is 0.0264. The number of nitrogens with two attached hydrogens (primary N) is 1. The number of carbonyl (C=O) groups excluding carboxylic acids is 2. The molecule has 6 heteroatoms. The molecule has 6 nitrogen and oxygen atoms in total. The Morgan fingerprint density at radius 2 is 2.00 bits per heavy atom. The number of hydrogen-bond donors (Lipinski definition) is 3. The van der Waals surface area contributed by atoms with Crippen molar-refractivity contribution in [3.63, 3.8) is 0 Å². The number of benzene rings is 1. The number of amides is 2. The minimum Gasteiger partial charge on any atom is -0.508 e. The van der Waals surface area contributed by atoms with Gasteiger partial charge in [-0.1, -0.05) is 12.1 Å². The normalized spacial score (nSPS) is 15.3. The van der Waals surface area contributed by atoms with Crippen molar-refractivity contribution in [3.05, 3.63) is 29.8 Å². The summed E-state index contributed by atoms with van der Waals surface area (Å²) in [5, 5.41) is 12.0. The van der Waals surface area contributed by atoms with Crippen LogP contribution in [0.1, 0.15) is 18.4 Å². The Kier molecular flexibility index (Phi) is 4.80. The molecule has 0 spiro atoms. The van der Waals surface area contributed by atoms with Crippen LogP contribution < -0.4 is 11.1 Å². The van der Waals surface area contributed by atoms with Crippen LogP contribution in [0.5, 0.6) is 5.75 Å². The summed E-state index contributed by atoms with van der Waals surface area (Å²) in [6.45, 7) is 0.0264. The first kappa shape index (κ1) is 15.3. The van der Waals surface area contributed by atoms with Crippen molar-refractivity contribution in [1.82, 2.24) is 10.2 Å². The summed E-state index contributed by atoms with van der Waals surface area (Å²) in [7, 11) is 1.57. The number of rotatable bonds is 6. The van der Waals surface area contributed by atoms with Gasteiger partial charge in [0.15, 0.2) is 0 Å². The summed E-state index contributed by atoms with van der Waals surface area (Å²) in [5.74, 6) is -0.244. The zero-order valence-electron chi connectivity index (χ0n) is 12.1. The third-order valence-electron chi connectivity index (χ3n) is 3.41. The molecule has 0 bridgehead atoms. The highest BCUT2D eigenvalue weighted by Gasteiger charge is 2.25. The molecule has 2 amide bonds. The number of likely N-dealkylation sites (N-methyl/N-ethyl adjacent to an activating group) is 1. The van der Waals surface area contributed by atoms with E-state index in [0.717, 1.165) is 18.4 Å². The zero-order chi connectivity index (χ0) is 15.4. The van der Waals surface area contributed by atoms with Crippen LogP contribution in [0.15, 0.2) is 24.3 Å². The van der Waals surface area contributed by atoms with Crippen molar-refractivity contribution in [3.8, 4) is 5.75 Å². The maximum Gasteiger partial charge on any atom is 0.240 e. The number of nitrogens with zero attached hydrogens (tertiary/aromatic N) is 1. The molecule has 0 aliphatic heterocycles. The maximum atomic E-state index is 12.1. The Morgan fingerprint density at radius 1 is 1.38 bits per heavy atom. The molecule has 114 valence electrons. The van der Waals surface area contributed by atoms with Gasteiger partial charge in [0.2, 0.25) is 11.8 Å².